The summed E-state index contributed by atoms with van der Waals surface area (Å²) in [6.07, 6.45) is -1.01. The van der Waals surface area contributed by atoms with E-state index < -0.39 is 17.9 Å². The average molecular weight is 405 g/mol. The van der Waals surface area contributed by atoms with Gasteiger partial charge in [0.25, 0.3) is 0 Å². The fourth-order valence-corrected chi connectivity index (χ4v) is 3.46. The van der Waals surface area contributed by atoms with Gasteiger partial charge in [-0.05, 0) is 68.7 Å². The summed E-state index contributed by atoms with van der Waals surface area (Å²) in [6, 6.07) is 13.5. The molecule has 1 atom stereocenters. The number of H-pyrrole nitrogens is 1. The van der Waals surface area contributed by atoms with Crippen molar-refractivity contribution in [2.24, 2.45) is 0 Å². The number of ketones is 2. The van der Waals surface area contributed by atoms with Gasteiger partial charge in [-0.3, -0.25) is 9.59 Å². The standard InChI is InChI=1S/C24H23NO5/c1-13-21(15(3)26)14(2)25-22(13)23(28)16(4)30-24(29)19-7-5-17(6-8-19)18-9-11-20(27)12-10-18/h5-12,16,25,27H,1-4H3/t16-/m0/s1. The zero-order valence-corrected chi connectivity index (χ0v) is 17.3. The summed E-state index contributed by atoms with van der Waals surface area (Å²) < 4.78 is 5.35. The minimum absolute atomic E-state index is 0.126. The normalized spacial score (nSPS) is 11.7. The summed E-state index contributed by atoms with van der Waals surface area (Å²) in [5.74, 6) is -0.947. The van der Waals surface area contributed by atoms with Gasteiger partial charge < -0.3 is 14.8 Å². The Morgan fingerprint density at radius 1 is 0.933 bits per heavy atom. The number of phenols is 1. The van der Waals surface area contributed by atoms with Crippen LogP contribution >= 0.6 is 0 Å². The lowest BCUT2D eigenvalue weighted by atomic mass is 10.0. The van der Waals surface area contributed by atoms with Crippen molar-refractivity contribution in [3.05, 3.63) is 76.6 Å². The largest absolute Gasteiger partial charge is 0.508 e. The molecule has 154 valence electrons. The molecule has 2 N–H and O–H groups in total. The van der Waals surface area contributed by atoms with Crippen molar-refractivity contribution >= 4 is 17.5 Å². The van der Waals surface area contributed by atoms with Gasteiger partial charge in [-0.1, -0.05) is 24.3 Å². The van der Waals surface area contributed by atoms with Crippen LogP contribution in [0.1, 0.15) is 56.3 Å². The predicted molar refractivity (Wildman–Crippen MR) is 113 cm³/mol. The Bertz CT molecular complexity index is 1110. The number of esters is 1. The van der Waals surface area contributed by atoms with Gasteiger partial charge in [-0.15, -0.1) is 0 Å². The number of ether oxygens (including phenoxy) is 1. The van der Waals surface area contributed by atoms with Crippen LogP contribution in [0.2, 0.25) is 0 Å². The van der Waals surface area contributed by atoms with Gasteiger partial charge in [0.2, 0.25) is 5.78 Å². The third-order valence-corrected chi connectivity index (χ3v) is 5.01. The van der Waals surface area contributed by atoms with E-state index in [9.17, 15) is 19.5 Å². The third kappa shape index (κ3) is 4.17. The van der Waals surface area contributed by atoms with Crippen molar-refractivity contribution in [3.63, 3.8) is 0 Å². The third-order valence-electron chi connectivity index (χ3n) is 5.01. The number of benzene rings is 2. The van der Waals surface area contributed by atoms with Gasteiger partial charge in [0.15, 0.2) is 11.9 Å². The fourth-order valence-electron chi connectivity index (χ4n) is 3.46. The second-order valence-electron chi connectivity index (χ2n) is 7.22. The SMILES string of the molecule is CC(=O)c1c(C)[nH]c(C(=O)[C@H](C)OC(=O)c2ccc(-c3ccc(O)cc3)cc2)c1C. The van der Waals surface area contributed by atoms with E-state index in [4.69, 9.17) is 4.74 Å². The quantitative estimate of drug-likeness (QED) is 0.460. The number of carbonyl (C=O) groups is 3. The Morgan fingerprint density at radius 2 is 1.47 bits per heavy atom. The number of aromatic hydroxyl groups is 1. The number of Topliss-reactive ketones (excluding diaryl/α,β-unsaturated/α-hetero) is 2. The van der Waals surface area contributed by atoms with Crippen LogP contribution in [0.4, 0.5) is 0 Å². The summed E-state index contributed by atoms with van der Waals surface area (Å²) in [6.45, 7) is 6.38. The molecule has 0 radical (unpaired) electrons. The highest BCUT2D eigenvalue weighted by Gasteiger charge is 2.26. The van der Waals surface area contributed by atoms with Crippen molar-refractivity contribution in [3.8, 4) is 16.9 Å². The summed E-state index contributed by atoms with van der Waals surface area (Å²) in [4.78, 5) is 39.9. The van der Waals surface area contributed by atoms with Crippen molar-refractivity contribution < 1.29 is 24.2 Å². The first-order valence-corrected chi connectivity index (χ1v) is 9.53. The Labute approximate surface area is 174 Å². The first-order chi connectivity index (χ1) is 14.2. The summed E-state index contributed by atoms with van der Waals surface area (Å²) in [5.41, 5.74) is 4.04. The minimum Gasteiger partial charge on any atom is -0.508 e. The zero-order chi connectivity index (χ0) is 22.0. The van der Waals surface area contributed by atoms with Gasteiger partial charge in [-0.25, -0.2) is 4.79 Å². The average Bonchev–Trinajstić information content (AvgIpc) is 3.02. The first kappa shape index (κ1) is 21.0. The molecule has 0 unspecified atom stereocenters. The lowest BCUT2D eigenvalue weighted by Gasteiger charge is -2.12. The minimum atomic E-state index is -1.01. The van der Waals surface area contributed by atoms with Crippen LogP contribution < -0.4 is 0 Å². The molecule has 6 nitrogen and oxygen atoms in total. The number of nitrogens with one attached hydrogen (secondary N) is 1. The van der Waals surface area contributed by atoms with E-state index in [1.54, 1.807) is 62.4 Å². The molecule has 1 heterocycles. The molecule has 0 bridgehead atoms. The smallest absolute Gasteiger partial charge is 0.338 e. The van der Waals surface area contributed by atoms with Gasteiger partial charge in [-0.2, -0.15) is 0 Å². The highest BCUT2D eigenvalue weighted by molar-refractivity contribution is 6.05. The molecule has 0 spiro atoms. The molecular formula is C24H23NO5. The summed E-state index contributed by atoms with van der Waals surface area (Å²) in [7, 11) is 0. The van der Waals surface area contributed by atoms with Gasteiger partial charge in [0.1, 0.15) is 5.75 Å². The van der Waals surface area contributed by atoms with E-state index in [0.717, 1.165) is 11.1 Å². The summed E-state index contributed by atoms with van der Waals surface area (Å²) in [5, 5.41) is 9.38. The predicted octanol–water partition coefficient (Wildman–Crippen LogP) is 4.63. The van der Waals surface area contributed by atoms with Crippen molar-refractivity contribution in [1.29, 1.82) is 0 Å². The van der Waals surface area contributed by atoms with E-state index in [0.29, 0.717) is 22.4 Å². The molecule has 3 aromatic rings. The molecule has 0 saturated heterocycles. The van der Waals surface area contributed by atoms with Crippen LogP contribution in [0.3, 0.4) is 0 Å². The molecule has 0 aliphatic carbocycles. The molecule has 1 aromatic heterocycles. The molecule has 0 aliphatic rings. The maximum absolute atomic E-state index is 12.7. The van der Waals surface area contributed by atoms with Crippen LogP contribution in [0.5, 0.6) is 5.75 Å². The van der Waals surface area contributed by atoms with E-state index in [2.05, 4.69) is 4.98 Å². The maximum Gasteiger partial charge on any atom is 0.338 e. The van der Waals surface area contributed by atoms with Crippen LogP contribution in [0.25, 0.3) is 11.1 Å². The monoisotopic (exact) mass is 405 g/mol. The molecular weight excluding hydrogens is 382 g/mol. The Balaban J connectivity index is 1.72. The Morgan fingerprint density at radius 3 is 1.97 bits per heavy atom. The molecule has 2 aromatic carbocycles. The van der Waals surface area contributed by atoms with E-state index >= 15 is 0 Å². The number of phenolic OH excluding ortho intramolecular Hbond substituents is 1. The maximum atomic E-state index is 12.7. The van der Waals surface area contributed by atoms with Gasteiger partial charge in [0, 0.05) is 11.3 Å². The van der Waals surface area contributed by atoms with Crippen LogP contribution in [0, 0.1) is 13.8 Å². The Hall–Kier alpha value is -3.67. The van der Waals surface area contributed by atoms with E-state index in [1.807, 2.05) is 0 Å². The van der Waals surface area contributed by atoms with E-state index in [1.165, 1.54) is 13.8 Å². The lowest BCUT2D eigenvalue weighted by Crippen LogP contribution is -2.25. The fraction of sp³-hybridized carbons (Fsp3) is 0.208. The first-order valence-electron chi connectivity index (χ1n) is 9.53. The molecule has 0 amide bonds. The number of aromatic amines is 1. The lowest BCUT2D eigenvalue weighted by molar-refractivity contribution is 0.0317. The molecule has 30 heavy (non-hydrogen) atoms. The Kier molecular flexibility index (Phi) is 5.87. The highest BCUT2D eigenvalue weighted by Crippen LogP contribution is 2.23. The van der Waals surface area contributed by atoms with Gasteiger partial charge in [0.05, 0.1) is 11.3 Å². The summed E-state index contributed by atoms with van der Waals surface area (Å²) >= 11 is 0. The number of rotatable bonds is 6. The highest BCUT2D eigenvalue weighted by atomic mass is 16.5. The van der Waals surface area contributed by atoms with Crippen molar-refractivity contribution in [1.82, 2.24) is 4.98 Å². The second kappa shape index (κ2) is 8.37. The zero-order valence-electron chi connectivity index (χ0n) is 17.3. The van der Waals surface area contributed by atoms with Crippen molar-refractivity contribution in [2.45, 2.75) is 33.8 Å². The van der Waals surface area contributed by atoms with Crippen LogP contribution in [0.15, 0.2) is 48.5 Å². The van der Waals surface area contributed by atoms with Crippen LogP contribution in [-0.2, 0) is 4.74 Å². The van der Waals surface area contributed by atoms with Crippen LogP contribution in [-0.4, -0.2) is 33.7 Å². The number of carbonyl (C=O) groups excluding carboxylic acids is 3. The molecule has 6 heteroatoms. The van der Waals surface area contributed by atoms with E-state index in [-0.39, 0.29) is 17.2 Å². The number of aromatic nitrogens is 1. The number of hydrogen-bond acceptors (Lipinski definition) is 5. The molecule has 0 fully saturated rings. The second-order valence-corrected chi connectivity index (χ2v) is 7.22. The molecule has 0 aliphatic heterocycles. The number of hydrogen-bond donors (Lipinski definition) is 2. The molecule has 0 saturated carbocycles. The topological polar surface area (TPSA) is 96.5 Å². The van der Waals surface area contributed by atoms with Gasteiger partial charge >= 0.3 is 5.97 Å². The molecule has 3 rings (SSSR count). The number of aryl methyl sites for hydroxylation is 1. The van der Waals surface area contributed by atoms with Crippen molar-refractivity contribution in [2.75, 3.05) is 0 Å².